The minimum absolute atomic E-state index is 0.107. The second kappa shape index (κ2) is 5.30. The molecule has 1 atom stereocenters. The van der Waals surface area contributed by atoms with Crippen molar-refractivity contribution in [2.24, 2.45) is 0 Å². The predicted octanol–water partition coefficient (Wildman–Crippen LogP) is 3.60. The van der Waals surface area contributed by atoms with Crippen LogP contribution < -0.4 is 5.32 Å². The van der Waals surface area contributed by atoms with Crippen LogP contribution in [-0.2, 0) is 10.2 Å². The van der Waals surface area contributed by atoms with Gasteiger partial charge in [0.15, 0.2) is 5.78 Å². The second-order valence-corrected chi connectivity index (χ2v) is 7.60. The fraction of sp³-hybridized carbons (Fsp3) is 0.421. The van der Waals surface area contributed by atoms with Crippen LogP contribution in [0.15, 0.2) is 41.9 Å². The van der Waals surface area contributed by atoms with Gasteiger partial charge in [-0.1, -0.05) is 45.0 Å². The van der Waals surface area contributed by atoms with E-state index in [0.29, 0.717) is 12.4 Å². The molecule has 4 rings (SSSR count). The van der Waals surface area contributed by atoms with Crippen molar-refractivity contribution in [3.05, 3.63) is 53.0 Å². The summed E-state index contributed by atoms with van der Waals surface area (Å²) in [6.07, 6.45) is 3.95. The van der Waals surface area contributed by atoms with Crippen LogP contribution in [0, 0.1) is 0 Å². The molecule has 1 aliphatic carbocycles. The standard InChI is InChI=1S/C19H22N4O/c1-19(2,3)13-9-7-12(8-10-13)17-16-14(5-4-6-15(16)24)22-18-20-11-21-23(17)18/h7-11,17H,4-6H2,1-3H3,(H,20,21,22). The van der Waals surface area contributed by atoms with Gasteiger partial charge in [-0.3, -0.25) is 4.79 Å². The predicted molar refractivity (Wildman–Crippen MR) is 92.8 cm³/mol. The summed E-state index contributed by atoms with van der Waals surface area (Å²) >= 11 is 0. The van der Waals surface area contributed by atoms with Crippen LogP contribution in [0.2, 0.25) is 0 Å². The molecule has 0 saturated carbocycles. The van der Waals surface area contributed by atoms with Gasteiger partial charge in [-0.15, -0.1) is 0 Å². The molecule has 1 aromatic heterocycles. The summed E-state index contributed by atoms with van der Waals surface area (Å²) in [7, 11) is 0. The van der Waals surface area contributed by atoms with Crippen molar-refractivity contribution in [2.45, 2.75) is 51.5 Å². The van der Waals surface area contributed by atoms with Crippen molar-refractivity contribution in [1.29, 1.82) is 0 Å². The first kappa shape index (κ1) is 15.1. The monoisotopic (exact) mass is 322 g/mol. The number of carbonyl (C=O) groups excluding carboxylic acids is 1. The Balaban J connectivity index is 1.83. The lowest BCUT2D eigenvalue weighted by Gasteiger charge is -2.32. The maximum Gasteiger partial charge on any atom is 0.226 e. The summed E-state index contributed by atoms with van der Waals surface area (Å²) in [6.45, 7) is 6.61. The normalized spacial score (nSPS) is 20.5. The quantitative estimate of drug-likeness (QED) is 0.871. The van der Waals surface area contributed by atoms with Gasteiger partial charge in [-0.25, -0.2) is 4.68 Å². The lowest BCUT2D eigenvalue weighted by atomic mass is 9.83. The molecule has 0 saturated heterocycles. The molecule has 2 heterocycles. The minimum Gasteiger partial charge on any atom is -0.328 e. The number of rotatable bonds is 1. The van der Waals surface area contributed by atoms with Crippen LogP contribution in [0.4, 0.5) is 5.95 Å². The Labute approximate surface area is 141 Å². The molecule has 1 aliphatic heterocycles. The molecule has 5 nitrogen and oxygen atoms in total. The van der Waals surface area contributed by atoms with E-state index in [1.807, 2.05) is 4.68 Å². The number of hydrogen-bond acceptors (Lipinski definition) is 4. The van der Waals surface area contributed by atoms with Crippen molar-refractivity contribution in [3.63, 3.8) is 0 Å². The smallest absolute Gasteiger partial charge is 0.226 e. The van der Waals surface area contributed by atoms with Crippen molar-refractivity contribution >= 4 is 11.7 Å². The van der Waals surface area contributed by atoms with E-state index in [2.05, 4.69) is 60.4 Å². The van der Waals surface area contributed by atoms with Gasteiger partial charge in [0.1, 0.15) is 12.4 Å². The van der Waals surface area contributed by atoms with Crippen LogP contribution in [0.3, 0.4) is 0 Å². The molecule has 5 heteroatoms. The topological polar surface area (TPSA) is 59.8 Å². The van der Waals surface area contributed by atoms with Crippen LogP contribution in [0.25, 0.3) is 0 Å². The van der Waals surface area contributed by atoms with Crippen LogP contribution in [0.5, 0.6) is 0 Å². The van der Waals surface area contributed by atoms with Gasteiger partial charge in [0.2, 0.25) is 5.95 Å². The SMILES string of the molecule is CC(C)(C)c1ccc(C2C3=C(CCCC3=O)Nc3ncnn32)cc1. The molecule has 1 aromatic carbocycles. The van der Waals surface area contributed by atoms with Gasteiger partial charge in [0.05, 0.1) is 0 Å². The average molecular weight is 322 g/mol. The molecule has 0 bridgehead atoms. The highest BCUT2D eigenvalue weighted by Crippen LogP contribution is 2.39. The fourth-order valence-corrected chi connectivity index (χ4v) is 3.57. The number of nitrogens with one attached hydrogen (secondary N) is 1. The number of ketones is 1. The summed E-state index contributed by atoms with van der Waals surface area (Å²) in [5, 5.41) is 7.66. The Hall–Kier alpha value is -2.43. The summed E-state index contributed by atoms with van der Waals surface area (Å²) in [4.78, 5) is 16.9. The number of aromatic nitrogens is 3. The molecule has 0 spiro atoms. The van der Waals surface area contributed by atoms with Crippen LogP contribution >= 0.6 is 0 Å². The first-order valence-electron chi connectivity index (χ1n) is 8.48. The van der Waals surface area contributed by atoms with Gasteiger partial charge < -0.3 is 5.32 Å². The number of anilines is 1. The average Bonchev–Trinajstić information content (AvgIpc) is 3.00. The molecule has 2 aromatic rings. The van der Waals surface area contributed by atoms with E-state index in [1.165, 1.54) is 5.56 Å². The Morgan fingerprint density at radius 3 is 2.62 bits per heavy atom. The lowest BCUT2D eigenvalue weighted by molar-refractivity contribution is -0.116. The van der Waals surface area contributed by atoms with Gasteiger partial charge in [0, 0.05) is 17.7 Å². The summed E-state index contributed by atoms with van der Waals surface area (Å²) in [5.74, 6) is 0.933. The van der Waals surface area contributed by atoms with E-state index in [1.54, 1.807) is 6.33 Å². The number of benzene rings is 1. The molecule has 24 heavy (non-hydrogen) atoms. The molecule has 1 N–H and O–H groups in total. The van der Waals surface area contributed by atoms with E-state index in [4.69, 9.17) is 0 Å². The molecule has 124 valence electrons. The van der Waals surface area contributed by atoms with Crippen molar-refractivity contribution in [1.82, 2.24) is 14.8 Å². The Morgan fingerprint density at radius 1 is 1.17 bits per heavy atom. The fourth-order valence-electron chi connectivity index (χ4n) is 3.57. The van der Waals surface area contributed by atoms with Crippen LogP contribution in [-0.4, -0.2) is 20.5 Å². The minimum atomic E-state index is -0.180. The van der Waals surface area contributed by atoms with E-state index in [9.17, 15) is 4.79 Å². The van der Waals surface area contributed by atoms with Gasteiger partial charge in [-0.05, 0) is 29.4 Å². The zero-order chi connectivity index (χ0) is 16.9. The highest BCUT2D eigenvalue weighted by Gasteiger charge is 2.36. The Kier molecular flexibility index (Phi) is 3.34. The Morgan fingerprint density at radius 2 is 1.92 bits per heavy atom. The van der Waals surface area contributed by atoms with Crippen LogP contribution in [0.1, 0.15) is 57.2 Å². The van der Waals surface area contributed by atoms with Crippen molar-refractivity contribution in [3.8, 4) is 0 Å². The molecular weight excluding hydrogens is 300 g/mol. The number of Topliss-reactive ketones (excluding diaryl/α,β-unsaturated/α-hetero) is 1. The molecule has 0 amide bonds. The maximum atomic E-state index is 12.6. The van der Waals surface area contributed by atoms with E-state index in [-0.39, 0.29) is 17.2 Å². The highest BCUT2D eigenvalue weighted by molar-refractivity contribution is 5.99. The maximum absolute atomic E-state index is 12.6. The number of carbonyl (C=O) groups is 1. The third kappa shape index (κ3) is 2.35. The van der Waals surface area contributed by atoms with E-state index in [0.717, 1.165) is 29.7 Å². The highest BCUT2D eigenvalue weighted by atomic mass is 16.1. The lowest BCUT2D eigenvalue weighted by Crippen LogP contribution is -2.31. The first-order valence-corrected chi connectivity index (χ1v) is 8.48. The van der Waals surface area contributed by atoms with Gasteiger partial charge >= 0.3 is 0 Å². The molecule has 2 aliphatic rings. The number of hydrogen-bond donors (Lipinski definition) is 1. The van der Waals surface area contributed by atoms with Gasteiger partial charge in [-0.2, -0.15) is 10.1 Å². The number of fused-ring (bicyclic) bond motifs is 1. The van der Waals surface area contributed by atoms with E-state index >= 15 is 0 Å². The number of nitrogens with zero attached hydrogens (tertiary/aromatic N) is 3. The van der Waals surface area contributed by atoms with Crippen molar-refractivity contribution < 1.29 is 4.79 Å². The zero-order valence-electron chi connectivity index (χ0n) is 14.3. The number of allylic oxidation sites excluding steroid dienone is 2. The third-order valence-electron chi connectivity index (χ3n) is 4.90. The molecule has 0 radical (unpaired) electrons. The summed E-state index contributed by atoms with van der Waals surface area (Å²) in [6, 6.07) is 8.37. The summed E-state index contributed by atoms with van der Waals surface area (Å²) < 4.78 is 1.83. The largest absolute Gasteiger partial charge is 0.328 e. The van der Waals surface area contributed by atoms with Crippen molar-refractivity contribution in [2.75, 3.05) is 5.32 Å². The Bertz CT molecular complexity index is 824. The molecule has 0 fully saturated rings. The first-order chi connectivity index (χ1) is 11.4. The molecule has 1 unspecified atom stereocenters. The van der Waals surface area contributed by atoms with Gasteiger partial charge in [0.25, 0.3) is 0 Å². The summed E-state index contributed by atoms with van der Waals surface area (Å²) in [5.41, 5.74) is 4.33. The second-order valence-electron chi connectivity index (χ2n) is 7.60. The third-order valence-corrected chi connectivity index (χ3v) is 4.90. The van der Waals surface area contributed by atoms with E-state index < -0.39 is 0 Å². The zero-order valence-corrected chi connectivity index (χ0v) is 14.3. The molecular formula is C19H22N4O.